The minimum absolute atomic E-state index is 0.0102. The molecule has 1 atom stereocenters. The van der Waals surface area contributed by atoms with Crippen molar-refractivity contribution in [1.29, 1.82) is 0 Å². The summed E-state index contributed by atoms with van der Waals surface area (Å²) < 4.78 is 0. The first-order valence-electron chi connectivity index (χ1n) is 6.01. The van der Waals surface area contributed by atoms with Gasteiger partial charge in [0.2, 0.25) is 0 Å². The second-order valence-corrected chi connectivity index (χ2v) is 4.60. The summed E-state index contributed by atoms with van der Waals surface area (Å²) in [5, 5.41) is 6.25. The maximum atomic E-state index is 12.0. The highest BCUT2D eigenvalue weighted by Crippen LogP contribution is 2.11. The topological polar surface area (TPSA) is 44.4 Å². The summed E-state index contributed by atoms with van der Waals surface area (Å²) in [6, 6.07) is 8.21. The van der Waals surface area contributed by atoms with Crippen molar-refractivity contribution in [2.75, 3.05) is 25.0 Å². The molecule has 0 bridgehead atoms. The van der Waals surface area contributed by atoms with Gasteiger partial charge in [-0.25, -0.2) is 4.79 Å². The van der Waals surface area contributed by atoms with Gasteiger partial charge in [0, 0.05) is 31.4 Å². The van der Waals surface area contributed by atoms with Crippen LogP contribution in [0.2, 0.25) is 0 Å². The molecule has 0 saturated carbocycles. The largest absolute Gasteiger partial charge is 0.322 e. The highest BCUT2D eigenvalue weighted by atomic mass is 16.2. The van der Waals surface area contributed by atoms with Gasteiger partial charge in [-0.2, -0.15) is 0 Å². The molecule has 1 unspecified atom stereocenters. The third-order valence-corrected chi connectivity index (χ3v) is 2.93. The van der Waals surface area contributed by atoms with Crippen molar-refractivity contribution >= 4 is 11.7 Å². The number of urea groups is 1. The molecule has 1 aliphatic rings. The smallest absolute Gasteiger partial charge is 0.321 e. The van der Waals surface area contributed by atoms with E-state index in [1.165, 1.54) is 0 Å². The molecule has 2 amide bonds. The fraction of sp³-hybridized carbons (Fsp3) is 0.462. The predicted molar refractivity (Wildman–Crippen MR) is 69.2 cm³/mol. The van der Waals surface area contributed by atoms with Gasteiger partial charge < -0.3 is 15.5 Å². The fourth-order valence-electron chi connectivity index (χ4n) is 2.04. The number of carbonyl (C=O) groups is 1. The van der Waals surface area contributed by atoms with E-state index in [1.54, 1.807) is 0 Å². The first-order chi connectivity index (χ1) is 8.15. The van der Waals surface area contributed by atoms with Gasteiger partial charge >= 0.3 is 6.03 Å². The Kier molecular flexibility index (Phi) is 3.64. The molecule has 0 spiro atoms. The summed E-state index contributed by atoms with van der Waals surface area (Å²) >= 11 is 0. The molecule has 2 N–H and O–H groups in total. The average Bonchev–Trinajstić information content (AvgIpc) is 2.29. The highest BCUT2D eigenvalue weighted by Gasteiger charge is 2.20. The number of hydrogen-bond acceptors (Lipinski definition) is 2. The Morgan fingerprint density at radius 3 is 3.06 bits per heavy atom. The lowest BCUT2D eigenvalue weighted by molar-refractivity contribution is 0.192. The number of hydrogen-bond donors (Lipinski definition) is 2. The van der Waals surface area contributed by atoms with Crippen LogP contribution in [0.15, 0.2) is 24.3 Å². The van der Waals surface area contributed by atoms with Crippen LogP contribution in [0.3, 0.4) is 0 Å². The summed E-state index contributed by atoms with van der Waals surface area (Å²) in [6.45, 7) is 6.50. The first-order valence-corrected chi connectivity index (χ1v) is 6.01. The van der Waals surface area contributed by atoms with Gasteiger partial charge in [0.15, 0.2) is 0 Å². The maximum Gasteiger partial charge on any atom is 0.321 e. The van der Waals surface area contributed by atoms with E-state index in [2.05, 4.69) is 17.6 Å². The molecule has 0 radical (unpaired) electrons. The summed E-state index contributed by atoms with van der Waals surface area (Å²) in [5.41, 5.74) is 2.01. The highest BCUT2D eigenvalue weighted by molar-refractivity contribution is 5.89. The molecule has 17 heavy (non-hydrogen) atoms. The number of nitrogens with zero attached hydrogens (tertiary/aromatic N) is 1. The second-order valence-electron chi connectivity index (χ2n) is 4.60. The molecule has 1 aromatic rings. The third-order valence-electron chi connectivity index (χ3n) is 2.93. The number of aryl methyl sites for hydroxylation is 1. The second kappa shape index (κ2) is 5.19. The van der Waals surface area contributed by atoms with Crippen molar-refractivity contribution in [2.45, 2.75) is 19.9 Å². The molecule has 4 nitrogen and oxygen atoms in total. The van der Waals surface area contributed by atoms with E-state index in [0.717, 1.165) is 30.9 Å². The molecule has 0 aromatic heterocycles. The van der Waals surface area contributed by atoms with Crippen molar-refractivity contribution in [3.8, 4) is 0 Å². The maximum absolute atomic E-state index is 12.0. The van der Waals surface area contributed by atoms with Crippen LogP contribution >= 0.6 is 0 Å². The standard InChI is InChI=1S/C13H19N3O/c1-10-4-3-5-12(8-10)15-13(17)16-7-6-14-11(2)9-16/h3-5,8,11,14H,6-7,9H2,1-2H3,(H,15,17). The zero-order valence-corrected chi connectivity index (χ0v) is 10.4. The Hall–Kier alpha value is -1.55. The fourth-order valence-corrected chi connectivity index (χ4v) is 2.04. The zero-order chi connectivity index (χ0) is 12.3. The zero-order valence-electron chi connectivity index (χ0n) is 10.4. The Morgan fingerprint density at radius 2 is 2.35 bits per heavy atom. The summed E-state index contributed by atoms with van der Waals surface area (Å²) in [7, 11) is 0. The van der Waals surface area contributed by atoms with E-state index >= 15 is 0 Å². The predicted octanol–water partition coefficient (Wildman–Crippen LogP) is 1.82. The number of nitrogens with one attached hydrogen (secondary N) is 2. The van der Waals surface area contributed by atoms with Crippen LogP contribution in [0.4, 0.5) is 10.5 Å². The number of benzene rings is 1. The summed E-state index contributed by atoms with van der Waals surface area (Å²) in [6.07, 6.45) is 0. The summed E-state index contributed by atoms with van der Waals surface area (Å²) in [5.74, 6) is 0. The minimum atomic E-state index is -0.0102. The van der Waals surface area contributed by atoms with Crippen LogP contribution in [0.1, 0.15) is 12.5 Å². The molecule has 4 heteroatoms. The lowest BCUT2D eigenvalue weighted by Gasteiger charge is -2.31. The van der Waals surface area contributed by atoms with Crippen LogP contribution in [-0.4, -0.2) is 36.6 Å². The number of carbonyl (C=O) groups excluding carboxylic acids is 1. The molecular formula is C13H19N3O. The lowest BCUT2D eigenvalue weighted by Crippen LogP contribution is -2.52. The van der Waals surface area contributed by atoms with Crippen molar-refractivity contribution in [2.24, 2.45) is 0 Å². The lowest BCUT2D eigenvalue weighted by atomic mass is 10.2. The normalized spacial score (nSPS) is 20.1. The van der Waals surface area contributed by atoms with Crippen LogP contribution < -0.4 is 10.6 Å². The Morgan fingerprint density at radius 1 is 1.53 bits per heavy atom. The molecule has 1 fully saturated rings. The van der Waals surface area contributed by atoms with Gasteiger partial charge in [0.25, 0.3) is 0 Å². The number of piperazine rings is 1. The molecule has 1 saturated heterocycles. The van der Waals surface area contributed by atoms with Crippen molar-refractivity contribution in [3.05, 3.63) is 29.8 Å². The molecule has 1 aromatic carbocycles. The quantitative estimate of drug-likeness (QED) is 0.777. The Balaban J connectivity index is 1.96. The molecule has 1 aliphatic heterocycles. The van der Waals surface area contributed by atoms with E-state index in [9.17, 15) is 4.79 Å². The van der Waals surface area contributed by atoms with E-state index in [-0.39, 0.29) is 6.03 Å². The third kappa shape index (κ3) is 3.20. The van der Waals surface area contributed by atoms with Gasteiger partial charge in [-0.15, -0.1) is 0 Å². The summed E-state index contributed by atoms with van der Waals surface area (Å²) in [4.78, 5) is 13.9. The van der Waals surface area contributed by atoms with Gasteiger partial charge in [0.1, 0.15) is 0 Å². The van der Waals surface area contributed by atoms with E-state index < -0.39 is 0 Å². The Labute approximate surface area is 102 Å². The van der Waals surface area contributed by atoms with Gasteiger partial charge in [-0.05, 0) is 31.5 Å². The van der Waals surface area contributed by atoms with Crippen LogP contribution in [0.5, 0.6) is 0 Å². The monoisotopic (exact) mass is 233 g/mol. The minimum Gasteiger partial charge on any atom is -0.322 e. The molecule has 92 valence electrons. The van der Waals surface area contributed by atoms with Crippen LogP contribution in [-0.2, 0) is 0 Å². The number of amides is 2. The van der Waals surface area contributed by atoms with Crippen molar-refractivity contribution in [1.82, 2.24) is 10.2 Å². The van der Waals surface area contributed by atoms with E-state index in [0.29, 0.717) is 6.04 Å². The van der Waals surface area contributed by atoms with Gasteiger partial charge in [-0.1, -0.05) is 12.1 Å². The molecule has 0 aliphatic carbocycles. The van der Waals surface area contributed by atoms with Crippen molar-refractivity contribution < 1.29 is 4.79 Å². The van der Waals surface area contributed by atoms with Crippen molar-refractivity contribution in [3.63, 3.8) is 0 Å². The van der Waals surface area contributed by atoms with Crippen LogP contribution in [0.25, 0.3) is 0 Å². The average molecular weight is 233 g/mol. The molecule has 2 rings (SSSR count). The number of anilines is 1. The van der Waals surface area contributed by atoms with Gasteiger partial charge in [0.05, 0.1) is 0 Å². The van der Waals surface area contributed by atoms with Crippen LogP contribution in [0, 0.1) is 6.92 Å². The first kappa shape index (κ1) is 11.9. The van der Waals surface area contributed by atoms with E-state index in [4.69, 9.17) is 0 Å². The van der Waals surface area contributed by atoms with E-state index in [1.807, 2.05) is 36.1 Å². The molecular weight excluding hydrogens is 214 g/mol. The van der Waals surface area contributed by atoms with Gasteiger partial charge in [-0.3, -0.25) is 0 Å². The molecule has 1 heterocycles. The number of rotatable bonds is 1. The Bertz CT molecular complexity index is 405. The SMILES string of the molecule is Cc1cccc(NC(=O)N2CCNC(C)C2)c1.